The molecule has 4 aromatic rings. The van der Waals surface area contributed by atoms with Gasteiger partial charge in [0.25, 0.3) is 5.91 Å². The van der Waals surface area contributed by atoms with E-state index in [1.54, 1.807) is 24.3 Å². The lowest BCUT2D eigenvalue weighted by Gasteiger charge is -2.12. The molecular weight excluding hydrogens is 457 g/mol. The summed E-state index contributed by atoms with van der Waals surface area (Å²) in [6, 6.07) is 16.3. The van der Waals surface area contributed by atoms with E-state index in [1.165, 1.54) is 0 Å². The number of para-hydroxylation sites is 1. The minimum Gasteiger partial charge on any atom is -0.364 e. The highest BCUT2D eigenvalue weighted by Gasteiger charge is 2.33. The summed E-state index contributed by atoms with van der Waals surface area (Å²) < 4.78 is 38.4. The van der Waals surface area contributed by atoms with Crippen molar-refractivity contribution in [1.82, 2.24) is 4.98 Å². The van der Waals surface area contributed by atoms with Crippen LogP contribution in [0.5, 0.6) is 0 Å². The van der Waals surface area contributed by atoms with Gasteiger partial charge in [-0.25, -0.2) is 4.79 Å². The number of carbonyl (C=O) groups excluding carboxylic acids is 2. The van der Waals surface area contributed by atoms with Crippen LogP contribution in [0.4, 0.5) is 29.3 Å². The Hall–Kier alpha value is -3.98. The van der Waals surface area contributed by atoms with E-state index >= 15 is 0 Å². The highest BCUT2D eigenvalue weighted by Crippen LogP contribution is 2.36. The maximum absolute atomic E-state index is 12.8. The van der Waals surface area contributed by atoms with E-state index in [-0.39, 0.29) is 11.4 Å². The van der Waals surface area contributed by atoms with Crippen molar-refractivity contribution < 1.29 is 22.8 Å². The Balaban J connectivity index is 1.52. The Morgan fingerprint density at radius 3 is 2.18 bits per heavy atom. The second-order valence-corrected chi connectivity index (χ2v) is 7.54. The van der Waals surface area contributed by atoms with Gasteiger partial charge in [0, 0.05) is 27.8 Å². The van der Waals surface area contributed by atoms with Gasteiger partial charge in [0.15, 0.2) is 0 Å². The molecule has 0 aliphatic carbocycles. The number of alkyl halides is 3. The standard InChI is InChI=1S/C23H16ClF3N4O2/c24-17-11-14(9-10-16(17)23(25,26)27)30-22(33)29-13-7-5-12(6-8-13)19-15-3-1-2-4-18(15)31-20(19)21(28)32/h1-11,31H,(H2,28,32)(H2,29,30,33). The number of aromatic amines is 1. The van der Waals surface area contributed by atoms with Crippen molar-refractivity contribution in [2.45, 2.75) is 6.18 Å². The predicted molar refractivity (Wildman–Crippen MR) is 121 cm³/mol. The molecule has 0 unspecified atom stereocenters. The number of H-pyrrole nitrogens is 1. The Morgan fingerprint density at radius 2 is 1.55 bits per heavy atom. The fourth-order valence-corrected chi connectivity index (χ4v) is 3.75. The number of hydrogen-bond donors (Lipinski definition) is 4. The number of rotatable bonds is 4. The molecule has 0 saturated heterocycles. The number of hydrogen-bond acceptors (Lipinski definition) is 2. The van der Waals surface area contributed by atoms with Crippen LogP contribution in [0.15, 0.2) is 66.7 Å². The molecule has 0 bridgehead atoms. The minimum absolute atomic E-state index is 0.104. The third-order valence-electron chi connectivity index (χ3n) is 4.92. The molecule has 10 heteroatoms. The van der Waals surface area contributed by atoms with Crippen LogP contribution in [0.2, 0.25) is 5.02 Å². The summed E-state index contributed by atoms with van der Waals surface area (Å²) in [5.41, 5.74) is 7.45. The summed E-state index contributed by atoms with van der Waals surface area (Å²) in [6.45, 7) is 0. The average Bonchev–Trinajstić information content (AvgIpc) is 3.13. The largest absolute Gasteiger partial charge is 0.417 e. The van der Waals surface area contributed by atoms with Gasteiger partial charge in [-0.3, -0.25) is 4.79 Å². The lowest BCUT2D eigenvalue weighted by atomic mass is 10.0. The number of primary amides is 1. The molecule has 0 aliphatic rings. The normalized spacial score (nSPS) is 11.4. The molecule has 1 aromatic heterocycles. The zero-order valence-electron chi connectivity index (χ0n) is 16.8. The quantitative estimate of drug-likeness (QED) is 0.282. The number of amides is 3. The maximum atomic E-state index is 12.8. The van der Waals surface area contributed by atoms with Crippen molar-refractivity contribution in [3.05, 3.63) is 83.0 Å². The molecule has 6 nitrogen and oxygen atoms in total. The van der Waals surface area contributed by atoms with Crippen molar-refractivity contribution in [1.29, 1.82) is 0 Å². The summed E-state index contributed by atoms with van der Waals surface area (Å²) in [7, 11) is 0. The van der Waals surface area contributed by atoms with Crippen LogP contribution in [0.3, 0.4) is 0 Å². The number of carbonyl (C=O) groups is 2. The summed E-state index contributed by atoms with van der Waals surface area (Å²) in [4.78, 5) is 27.2. The zero-order chi connectivity index (χ0) is 23.8. The molecule has 3 aromatic carbocycles. The average molecular weight is 473 g/mol. The number of nitrogens with two attached hydrogens (primary N) is 1. The van der Waals surface area contributed by atoms with E-state index in [2.05, 4.69) is 15.6 Å². The van der Waals surface area contributed by atoms with Crippen LogP contribution in [-0.2, 0) is 6.18 Å². The van der Waals surface area contributed by atoms with E-state index in [1.807, 2.05) is 24.3 Å². The Labute approximate surface area is 190 Å². The Bertz CT molecular complexity index is 1360. The van der Waals surface area contributed by atoms with Gasteiger partial charge in [-0.1, -0.05) is 41.9 Å². The van der Waals surface area contributed by atoms with E-state index < -0.39 is 28.7 Å². The third kappa shape index (κ3) is 4.63. The molecule has 0 spiro atoms. The maximum Gasteiger partial charge on any atom is 0.417 e. The molecule has 0 saturated carbocycles. The molecule has 5 N–H and O–H groups in total. The van der Waals surface area contributed by atoms with Gasteiger partial charge in [0.2, 0.25) is 0 Å². The second kappa shape index (κ2) is 8.51. The van der Waals surface area contributed by atoms with E-state index in [4.69, 9.17) is 17.3 Å². The summed E-state index contributed by atoms with van der Waals surface area (Å²) in [5, 5.41) is 5.32. The molecule has 0 atom stereocenters. The van der Waals surface area contributed by atoms with Gasteiger partial charge >= 0.3 is 12.2 Å². The number of nitrogens with one attached hydrogen (secondary N) is 3. The molecule has 4 rings (SSSR count). The van der Waals surface area contributed by atoms with E-state index in [0.29, 0.717) is 16.8 Å². The summed E-state index contributed by atoms with van der Waals surface area (Å²) in [6.07, 6.45) is -4.58. The first-order chi connectivity index (χ1) is 15.6. The van der Waals surface area contributed by atoms with E-state index in [0.717, 1.165) is 29.1 Å². The van der Waals surface area contributed by atoms with Gasteiger partial charge in [0.05, 0.1) is 10.6 Å². The zero-order valence-corrected chi connectivity index (χ0v) is 17.5. The number of anilines is 2. The van der Waals surface area contributed by atoms with Crippen molar-refractivity contribution in [3.8, 4) is 11.1 Å². The molecule has 0 aliphatic heterocycles. The fraction of sp³-hybridized carbons (Fsp3) is 0.0435. The number of urea groups is 1. The molecule has 168 valence electrons. The minimum atomic E-state index is -4.58. The number of aromatic nitrogens is 1. The molecular formula is C23H16ClF3N4O2. The predicted octanol–water partition coefficient (Wildman–Crippen LogP) is 6.25. The topological polar surface area (TPSA) is 100 Å². The van der Waals surface area contributed by atoms with Crippen molar-refractivity contribution in [2.75, 3.05) is 10.6 Å². The summed E-state index contributed by atoms with van der Waals surface area (Å²) in [5.74, 6) is -0.599. The van der Waals surface area contributed by atoms with Crippen LogP contribution in [0.25, 0.3) is 22.0 Å². The number of benzene rings is 3. The van der Waals surface area contributed by atoms with E-state index in [9.17, 15) is 22.8 Å². The van der Waals surface area contributed by atoms with Gasteiger partial charge < -0.3 is 21.4 Å². The lowest BCUT2D eigenvalue weighted by Crippen LogP contribution is -2.19. The first-order valence-electron chi connectivity index (χ1n) is 9.59. The highest BCUT2D eigenvalue weighted by atomic mass is 35.5. The van der Waals surface area contributed by atoms with Crippen LogP contribution in [-0.4, -0.2) is 16.9 Å². The third-order valence-corrected chi connectivity index (χ3v) is 5.23. The smallest absolute Gasteiger partial charge is 0.364 e. The Morgan fingerprint density at radius 1 is 0.909 bits per heavy atom. The first kappa shape index (κ1) is 22.2. The van der Waals surface area contributed by atoms with Gasteiger partial charge in [-0.2, -0.15) is 13.2 Å². The van der Waals surface area contributed by atoms with Gasteiger partial charge in [-0.05, 0) is 42.0 Å². The van der Waals surface area contributed by atoms with Crippen molar-refractivity contribution in [3.63, 3.8) is 0 Å². The second-order valence-electron chi connectivity index (χ2n) is 7.13. The van der Waals surface area contributed by atoms with Crippen LogP contribution < -0.4 is 16.4 Å². The SMILES string of the molecule is NC(=O)c1[nH]c2ccccc2c1-c1ccc(NC(=O)Nc2ccc(C(F)(F)F)c(Cl)c2)cc1. The van der Waals surface area contributed by atoms with Crippen LogP contribution in [0, 0.1) is 0 Å². The Kier molecular flexibility index (Phi) is 5.73. The lowest BCUT2D eigenvalue weighted by molar-refractivity contribution is -0.137. The van der Waals surface area contributed by atoms with Crippen LogP contribution >= 0.6 is 11.6 Å². The molecule has 0 radical (unpaired) electrons. The van der Waals surface area contributed by atoms with Crippen LogP contribution in [0.1, 0.15) is 16.1 Å². The highest BCUT2D eigenvalue weighted by molar-refractivity contribution is 6.31. The first-order valence-corrected chi connectivity index (χ1v) is 9.97. The van der Waals surface area contributed by atoms with Crippen molar-refractivity contribution in [2.24, 2.45) is 5.73 Å². The summed E-state index contributed by atoms with van der Waals surface area (Å²) >= 11 is 5.67. The monoisotopic (exact) mass is 472 g/mol. The molecule has 33 heavy (non-hydrogen) atoms. The molecule has 3 amide bonds. The number of halogens is 4. The molecule has 1 heterocycles. The van der Waals surface area contributed by atoms with Crippen molar-refractivity contribution >= 4 is 45.8 Å². The van der Waals surface area contributed by atoms with Gasteiger partial charge in [0.1, 0.15) is 5.69 Å². The fourth-order valence-electron chi connectivity index (χ4n) is 3.46. The molecule has 0 fully saturated rings. The van der Waals surface area contributed by atoms with Gasteiger partial charge in [-0.15, -0.1) is 0 Å². The number of fused-ring (bicyclic) bond motifs is 1.